The van der Waals surface area contributed by atoms with Crippen LogP contribution in [0.3, 0.4) is 0 Å². The van der Waals surface area contributed by atoms with Crippen molar-refractivity contribution >= 4 is 0 Å². The second-order valence-corrected chi connectivity index (χ2v) is 12.4. The molecule has 5 aromatic rings. The molecule has 0 atom stereocenters. The monoisotopic (exact) mass is 534 g/mol. The Kier molecular flexibility index (Phi) is 6.38. The first-order valence-corrected chi connectivity index (χ1v) is 15.3. The fourth-order valence-electron chi connectivity index (χ4n) is 7.37. The highest BCUT2D eigenvalue weighted by molar-refractivity contribution is 5.84. The number of benzene rings is 3. The summed E-state index contributed by atoms with van der Waals surface area (Å²) in [6.45, 7) is 9.15. The van der Waals surface area contributed by atoms with Crippen molar-refractivity contribution < 1.29 is 0 Å². The summed E-state index contributed by atoms with van der Waals surface area (Å²) < 4.78 is 0. The maximum absolute atomic E-state index is 5.24. The van der Waals surface area contributed by atoms with E-state index in [1.807, 2.05) is 0 Å². The van der Waals surface area contributed by atoms with Gasteiger partial charge in [-0.25, -0.2) is 0 Å². The molecule has 0 saturated carbocycles. The predicted molar refractivity (Wildman–Crippen MR) is 170 cm³/mol. The van der Waals surface area contributed by atoms with E-state index in [9.17, 15) is 0 Å². The van der Waals surface area contributed by atoms with E-state index in [2.05, 4.69) is 125 Å². The number of rotatable bonds is 5. The van der Waals surface area contributed by atoms with E-state index in [0.717, 1.165) is 17.8 Å². The van der Waals surface area contributed by atoms with Gasteiger partial charge in [-0.05, 0) is 88.1 Å². The maximum Gasteiger partial charge on any atom is 0.0937 e. The van der Waals surface area contributed by atoms with E-state index >= 15 is 0 Å². The zero-order valence-electron chi connectivity index (χ0n) is 24.6. The summed E-state index contributed by atoms with van der Waals surface area (Å²) in [6, 6.07) is 31.6. The molecule has 0 spiro atoms. The number of hydrogen-bond acceptors (Lipinski definition) is 2. The van der Waals surface area contributed by atoms with Crippen LogP contribution in [0.2, 0.25) is 0 Å². The summed E-state index contributed by atoms with van der Waals surface area (Å²) in [7, 11) is 0. The largest absolute Gasteiger partial charge is 0.254 e. The summed E-state index contributed by atoms with van der Waals surface area (Å²) in [5.41, 5.74) is 14.9. The molecule has 2 aliphatic rings. The van der Waals surface area contributed by atoms with E-state index in [-0.39, 0.29) is 0 Å². The molecule has 2 nitrogen and oxygen atoms in total. The van der Waals surface area contributed by atoms with Crippen LogP contribution in [0.15, 0.2) is 97.3 Å². The Hall–Kier alpha value is -4.04. The van der Waals surface area contributed by atoms with Crippen LogP contribution in [0.5, 0.6) is 0 Å². The summed E-state index contributed by atoms with van der Waals surface area (Å²) in [5.74, 6) is 0.920. The van der Waals surface area contributed by atoms with Crippen LogP contribution < -0.4 is 0 Å². The van der Waals surface area contributed by atoms with Gasteiger partial charge in [0.2, 0.25) is 0 Å². The first kappa shape index (κ1) is 25.9. The lowest BCUT2D eigenvalue weighted by Crippen LogP contribution is -2.29. The second-order valence-electron chi connectivity index (χ2n) is 12.4. The highest BCUT2D eigenvalue weighted by atomic mass is 14.8. The van der Waals surface area contributed by atoms with Crippen LogP contribution >= 0.6 is 0 Å². The fourth-order valence-corrected chi connectivity index (χ4v) is 7.37. The molecule has 2 aromatic heterocycles. The number of fused-ring (bicyclic) bond motifs is 4. The van der Waals surface area contributed by atoms with Gasteiger partial charge in [0.25, 0.3) is 0 Å². The summed E-state index contributed by atoms with van der Waals surface area (Å²) in [5, 5.41) is 0. The Bertz CT molecular complexity index is 1690. The van der Waals surface area contributed by atoms with Crippen molar-refractivity contribution in [3.05, 3.63) is 142 Å². The van der Waals surface area contributed by atoms with Crippen LogP contribution in [0, 0.1) is 0 Å². The number of nitrogens with zero attached hydrogens (tertiary/aromatic N) is 2. The van der Waals surface area contributed by atoms with Crippen molar-refractivity contribution in [3.8, 4) is 22.5 Å². The molecule has 204 valence electrons. The molecule has 0 saturated heterocycles. The SMILES string of the molecule is CC(C)c1cnc2c(c1)C(c1ccccc1)(c1ccccc1)c1cc(-c3ccc(C(C)C)c4c3CCCC4)cnc1-2. The van der Waals surface area contributed by atoms with Crippen molar-refractivity contribution in [2.24, 2.45) is 0 Å². The molecule has 2 aliphatic carbocycles. The third-order valence-corrected chi connectivity index (χ3v) is 9.41. The molecule has 2 heteroatoms. The van der Waals surface area contributed by atoms with Gasteiger partial charge in [0.05, 0.1) is 16.8 Å². The molecular formula is C39H38N2. The van der Waals surface area contributed by atoms with Crippen molar-refractivity contribution in [3.63, 3.8) is 0 Å². The Labute approximate surface area is 244 Å². The smallest absolute Gasteiger partial charge is 0.0937 e. The lowest BCUT2D eigenvalue weighted by atomic mass is 9.67. The van der Waals surface area contributed by atoms with Gasteiger partial charge in [0, 0.05) is 23.5 Å². The van der Waals surface area contributed by atoms with Gasteiger partial charge in [-0.3, -0.25) is 9.97 Å². The number of aromatic nitrogens is 2. The summed E-state index contributed by atoms with van der Waals surface area (Å²) in [4.78, 5) is 10.4. The Morgan fingerprint density at radius 1 is 0.610 bits per heavy atom. The highest BCUT2D eigenvalue weighted by Crippen LogP contribution is 2.56. The van der Waals surface area contributed by atoms with Crippen LogP contribution in [0.4, 0.5) is 0 Å². The molecule has 41 heavy (non-hydrogen) atoms. The van der Waals surface area contributed by atoms with Crippen molar-refractivity contribution in [1.29, 1.82) is 0 Å². The van der Waals surface area contributed by atoms with E-state index < -0.39 is 5.41 Å². The molecule has 0 aliphatic heterocycles. The van der Waals surface area contributed by atoms with Crippen molar-refractivity contribution in [2.75, 3.05) is 0 Å². The van der Waals surface area contributed by atoms with Crippen LogP contribution in [-0.4, -0.2) is 9.97 Å². The number of hydrogen-bond donors (Lipinski definition) is 0. The lowest BCUT2D eigenvalue weighted by Gasteiger charge is -2.34. The molecule has 0 N–H and O–H groups in total. The molecule has 2 heterocycles. The normalized spacial score (nSPS) is 15.1. The summed E-state index contributed by atoms with van der Waals surface area (Å²) in [6.07, 6.45) is 9.01. The van der Waals surface area contributed by atoms with Gasteiger partial charge >= 0.3 is 0 Å². The second kappa shape index (κ2) is 10.1. The molecule has 7 rings (SSSR count). The first-order valence-electron chi connectivity index (χ1n) is 15.3. The minimum Gasteiger partial charge on any atom is -0.254 e. The number of pyridine rings is 2. The lowest BCUT2D eigenvalue weighted by molar-refractivity contribution is 0.671. The van der Waals surface area contributed by atoms with Gasteiger partial charge in [0.1, 0.15) is 0 Å². The molecule has 0 fully saturated rings. The topological polar surface area (TPSA) is 25.8 Å². The predicted octanol–water partition coefficient (Wildman–Crippen LogP) is 9.63. The molecule has 0 unspecified atom stereocenters. The third-order valence-electron chi connectivity index (χ3n) is 9.41. The molecular weight excluding hydrogens is 496 g/mol. The van der Waals surface area contributed by atoms with Crippen LogP contribution in [-0.2, 0) is 18.3 Å². The average molecular weight is 535 g/mol. The standard InChI is InChI=1S/C39H38N2/c1-25(2)27-21-35-37(40-23-27)38-36(39(35,29-13-7-5-8-14-29)30-15-9-6-10-16-30)22-28(24-41-38)32-20-19-31(26(3)4)33-17-11-12-18-34(32)33/h5-10,13-16,19-26H,11-12,17-18H2,1-4H3. The Morgan fingerprint density at radius 3 is 1.80 bits per heavy atom. The van der Waals surface area contributed by atoms with Gasteiger partial charge < -0.3 is 0 Å². The van der Waals surface area contributed by atoms with Crippen molar-refractivity contribution in [2.45, 2.75) is 70.6 Å². The summed E-state index contributed by atoms with van der Waals surface area (Å²) >= 11 is 0. The van der Waals surface area contributed by atoms with E-state index in [1.54, 1.807) is 5.56 Å². The highest BCUT2D eigenvalue weighted by Gasteiger charge is 2.48. The molecule has 0 amide bonds. The van der Waals surface area contributed by atoms with Crippen LogP contribution in [0.1, 0.15) is 96.9 Å². The minimum absolute atomic E-state index is 0.385. The fraction of sp³-hybridized carbons (Fsp3) is 0.282. The van der Waals surface area contributed by atoms with E-state index in [1.165, 1.54) is 69.3 Å². The zero-order chi connectivity index (χ0) is 28.1. The van der Waals surface area contributed by atoms with E-state index in [0.29, 0.717) is 11.8 Å². The molecule has 0 radical (unpaired) electrons. The third kappa shape index (κ3) is 3.99. The van der Waals surface area contributed by atoms with Crippen molar-refractivity contribution in [1.82, 2.24) is 9.97 Å². The van der Waals surface area contributed by atoms with Crippen LogP contribution in [0.25, 0.3) is 22.5 Å². The van der Waals surface area contributed by atoms with Gasteiger partial charge in [-0.2, -0.15) is 0 Å². The van der Waals surface area contributed by atoms with Gasteiger partial charge in [0.15, 0.2) is 0 Å². The quantitative estimate of drug-likeness (QED) is 0.220. The Balaban J connectivity index is 1.55. The van der Waals surface area contributed by atoms with Gasteiger partial charge in [-0.15, -0.1) is 0 Å². The van der Waals surface area contributed by atoms with E-state index in [4.69, 9.17) is 9.97 Å². The Morgan fingerprint density at radius 2 is 1.20 bits per heavy atom. The molecule has 0 bridgehead atoms. The average Bonchev–Trinajstić information content (AvgIpc) is 3.31. The minimum atomic E-state index is -0.494. The zero-order valence-corrected chi connectivity index (χ0v) is 24.6. The maximum atomic E-state index is 5.24. The first-order chi connectivity index (χ1) is 20.0. The van der Waals surface area contributed by atoms with Gasteiger partial charge in [-0.1, -0.05) is 107 Å². The molecule has 3 aromatic carbocycles.